The van der Waals surface area contributed by atoms with Crippen LogP contribution in [-0.2, 0) is 10.1 Å². The van der Waals surface area contributed by atoms with E-state index >= 15 is 0 Å². The molecular weight excluding hydrogens is 277 g/mol. The van der Waals surface area contributed by atoms with Crippen LogP contribution in [0.2, 0.25) is 0 Å². The summed E-state index contributed by atoms with van der Waals surface area (Å²) in [4.78, 5) is 0. The van der Waals surface area contributed by atoms with Crippen molar-refractivity contribution in [2.75, 3.05) is 14.2 Å². The lowest BCUT2D eigenvalue weighted by molar-refractivity contribution is -0.0501. The number of ether oxygens (including phenoxy) is 2. The number of benzene rings is 1. The molecule has 0 fully saturated rings. The number of hydrogen-bond acceptors (Lipinski definition) is 5. The molecule has 5 nitrogen and oxygen atoms in total. The molecule has 0 saturated carbocycles. The lowest BCUT2D eigenvalue weighted by Crippen LogP contribution is -2.28. The third-order valence-corrected chi connectivity index (χ3v) is 2.81. The van der Waals surface area contributed by atoms with Crippen LogP contribution >= 0.6 is 0 Å². The van der Waals surface area contributed by atoms with Crippen molar-refractivity contribution in [3.63, 3.8) is 0 Å². The Morgan fingerprint density at radius 1 is 1.06 bits per heavy atom. The second-order valence-electron chi connectivity index (χ2n) is 2.97. The topological polar surface area (TPSA) is 61.8 Å². The first-order chi connectivity index (χ1) is 8.23. The Morgan fingerprint density at radius 2 is 1.50 bits per heavy atom. The van der Waals surface area contributed by atoms with Crippen LogP contribution in [0.1, 0.15) is 0 Å². The number of rotatable bonds is 4. The van der Waals surface area contributed by atoms with Gasteiger partial charge in [0, 0.05) is 0 Å². The van der Waals surface area contributed by atoms with E-state index in [1.165, 1.54) is 18.2 Å². The molecule has 0 bridgehead atoms. The number of alkyl halides is 3. The zero-order valence-corrected chi connectivity index (χ0v) is 10.1. The summed E-state index contributed by atoms with van der Waals surface area (Å²) in [5.74, 6) is -1.04. The maximum absolute atomic E-state index is 12.2. The molecule has 0 aliphatic heterocycles. The Kier molecular flexibility index (Phi) is 3.95. The first-order valence-corrected chi connectivity index (χ1v) is 5.85. The van der Waals surface area contributed by atoms with Gasteiger partial charge in [0.05, 0.1) is 14.2 Å². The molecule has 0 aromatic heterocycles. The molecule has 0 N–H and O–H groups in total. The standard InChI is InChI=1S/C9H9F3O5S/c1-15-6-4-3-5-7(16-2)8(6)17-18(13,14)9(10,11)12/h3-5H,1-2H3. The summed E-state index contributed by atoms with van der Waals surface area (Å²) in [6, 6.07) is 3.89. The van der Waals surface area contributed by atoms with Crippen molar-refractivity contribution < 1.29 is 35.2 Å². The van der Waals surface area contributed by atoms with Crippen molar-refractivity contribution in [3.8, 4) is 17.2 Å². The molecule has 0 saturated heterocycles. The Bertz CT molecular complexity index is 501. The first kappa shape index (κ1) is 14.4. The van der Waals surface area contributed by atoms with Crippen LogP contribution < -0.4 is 13.7 Å². The molecule has 0 aliphatic carbocycles. The monoisotopic (exact) mass is 286 g/mol. The summed E-state index contributed by atoms with van der Waals surface area (Å²) in [6.07, 6.45) is 0. The Morgan fingerprint density at radius 3 is 1.83 bits per heavy atom. The summed E-state index contributed by atoms with van der Waals surface area (Å²) in [7, 11) is -3.47. The smallest absolute Gasteiger partial charge is 0.493 e. The van der Waals surface area contributed by atoms with E-state index in [-0.39, 0.29) is 11.5 Å². The summed E-state index contributed by atoms with van der Waals surface area (Å²) >= 11 is 0. The molecule has 1 aromatic rings. The number of halogens is 3. The number of methoxy groups -OCH3 is 2. The molecule has 0 aliphatic rings. The van der Waals surface area contributed by atoms with E-state index in [2.05, 4.69) is 4.18 Å². The van der Waals surface area contributed by atoms with Crippen LogP contribution in [0.15, 0.2) is 18.2 Å². The lowest BCUT2D eigenvalue weighted by Gasteiger charge is -2.14. The fourth-order valence-electron chi connectivity index (χ4n) is 1.06. The van der Waals surface area contributed by atoms with E-state index in [4.69, 9.17) is 9.47 Å². The van der Waals surface area contributed by atoms with Crippen LogP contribution in [0, 0.1) is 0 Å². The zero-order valence-electron chi connectivity index (χ0n) is 9.32. The Labute approximate surface area is 101 Å². The van der Waals surface area contributed by atoms with Gasteiger partial charge in [-0.05, 0) is 12.1 Å². The van der Waals surface area contributed by atoms with Crippen molar-refractivity contribution in [2.24, 2.45) is 0 Å². The van der Waals surface area contributed by atoms with Gasteiger partial charge in [0.1, 0.15) is 0 Å². The van der Waals surface area contributed by atoms with Crippen LogP contribution in [0.5, 0.6) is 17.2 Å². The molecule has 0 radical (unpaired) electrons. The quantitative estimate of drug-likeness (QED) is 0.625. The Balaban J connectivity index is 3.27. The third kappa shape index (κ3) is 2.78. The van der Waals surface area contributed by atoms with Gasteiger partial charge in [0.25, 0.3) is 0 Å². The van der Waals surface area contributed by atoms with Gasteiger partial charge >= 0.3 is 15.6 Å². The van der Waals surface area contributed by atoms with Gasteiger partial charge in [-0.1, -0.05) is 6.07 Å². The van der Waals surface area contributed by atoms with Crippen molar-refractivity contribution in [3.05, 3.63) is 18.2 Å². The molecule has 102 valence electrons. The minimum absolute atomic E-state index is 0.192. The van der Waals surface area contributed by atoms with Gasteiger partial charge in [-0.15, -0.1) is 0 Å². The number of hydrogen-bond donors (Lipinski definition) is 0. The van der Waals surface area contributed by atoms with Crippen LogP contribution in [0.25, 0.3) is 0 Å². The fraction of sp³-hybridized carbons (Fsp3) is 0.333. The van der Waals surface area contributed by atoms with E-state index in [9.17, 15) is 21.6 Å². The van der Waals surface area contributed by atoms with Gasteiger partial charge < -0.3 is 13.7 Å². The average Bonchev–Trinajstić information content (AvgIpc) is 2.27. The summed E-state index contributed by atoms with van der Waals surface area (Å²) in [6.45, 7) is 0. The third-order valence-electron chi connectivity index (χ3n) is 1.86. The number of para-hydroxylation sites is 1. The van der Waals surface area contributed by atoms with Gasteiger partial charge in [-0.3, -0.25) is 0 Å². The van der Waals surface area contributed by atoms with Crippen LogP contribution in [0.4, 0.5) is 13.2 Å². The molecule has 1 rings (SSSR count). The second-order valence-corrected chi connectivity index (χ2v) is 4.51. The highest BCUT2D eigenvalue weighted by atomic mass is 32.2. The predicted molar refractivity (Wildman–Crippen MR) is 55.1 cm³/mol. The van der Waals surface area contributed by atoms with Gasteiger partial charge in [-0.25, -0.2) is 0 Å². The summed E-state index contributed by atoms with van der Waals surface area (Å²) in [5.41, 5.74) is -5.53. The average molecular weight is 286 g/mol. The Hall–Kier alpha value is -1.64. The van der Waals surface area contributed by atoms with E-state index < -0.39 is 21.4 Å². The zero-order chi connectivity index (χ0) is 14.0. The van der Waals surface area contributed by atoms with E-state index in [0.717, 1.165) is 14.2 Å². The molecule has 0 atom stereocenters. The largest absolute Gasteiger partial charge is 0.534 e. The summed E-state index contributed by atoms with van der Waals surface area (Å²) in [5, 5.41) is 0. The minimum Gasteiger partial charge on any atom is -0.493 e. The van der Waals surface area contributed by atoms with E-state index in [1.54, 1.807) is 0 Å². The molecule has 9 heteroatoms. The van der Waals surface area contributed by atoms with Crippen LogP contribution in [0.3, 0.4) is 0 Å². The highest BCUT2D eigenvalue weighted by Crippen LogP contribution is 2.39. The molecule has 0 unspecified atom stereocenters. The second kappa shape index (κ2) is 4.92. The highest BCUT2D eigenvalue weighted by molar-refractivity contribution is 7.88. The van der Waals surface area contributed by atoms with Crippen molar-refractivity contribution in [1.82, 2.24) is 0 Å². The molecular formula is C9H9F3O5S. The van der Waals surface area contributed by atoms with Crippen LogP contribution in [-0.4, -0.2) is 28.1 Å². The normalized spacial score (nSPS) is 12.1. The predicted octanol–water partition coefficient (Wildman–Crippen LogP) is 1.93. The van der Waals surface area contributed by atoms with Gasteiger partial charge in [0.15, 0.2) is 11.5 Å². The fourth-order valence-corrected chi connectivity index (χ4v) is 1.53. The van der Waals surface area contributed by atoms with Gasteiger partial charge in [-0.2, -0.15) is 21.6 Å². The SMILES string of the molecule is COc1cccc(OC)c1OS(=O)(=O)C(F)(F)F. The van der Waals surface area contributed by atoms with E-state index in [0.29, 0.717) is 0 Å². The lowest BCUT2D eigenvalue weighted by atomic mass is 10.3. The molecule has 0 amide bonds. The summed E-state index contributed by atoms with van der Waals surface area (Å²) < 4.78 is 71.8. The maximum Gasteiger partial charge on any atom is 0.534 e. The minimum atomic E-state index is -5.78. The van der Waals surface area contributed by atoms with Crippen molar-refractivity contribution in [1.29, 1.82) is 0 Å². The highest BCUT2D eigenvalue weighted by Gasteiger charge is 2.49. The van der Waals surface area contributed by atoms with Crippen molar-refractivity contribution in [2.45, 2.75) is 5.51 Å². The molecule has 0 spiro atoms. The maximum atomic E-state index is 12.2. The van der Waals surface area contributed by atoms with Crippen molar-refractivity contribution >= 4 is 10.1 Å². The van der Waals surface area contributed by atoms with E-state index in [1.807, 2.05) is 0 Å². The molecule has 1 aromatic carbocycles. The van der Waals surface area contributed by atoms with Gasteiger partial charge in [0.2, 0.25) is 5.75 Å². The molecule has 0 heterocycles. The molecule has 18 heavy (non-hydrogen) atoms. The first-order valence-electron chi connectivity index (χ1n) is 4.44.